The summed E-state index contributed by atoms with van der Waals surface area (Å²) < 4.78 is 2.66. The van der Waals surface area contributed by atoms with Crippen molar-refractivity contribution in [1.29, 1.82) is 5.26 Å². The van der Waals surface area contributed by atoms with Gasteiger partial charge >= 0.3 is 0 Å². The topological polar surface area (TPSA) is 86.8 Å². The minimum absolute atomic E-state index is 0.0352. The van der Waals surface area contributed by atoms with Gasteiger partial charge in [-0.2, -0.15) is 10.4 Å². The number of nitriles is 1. The molecule has 0 unspecified atom stereocenters. The number of aromatic nitrogens is 3. The lowest BCUT2D eigenvalue weighted by atomic mass is 9.95. The quantitative estimate of drug-likeness (QED) is 0.693. The zero-order valence-corrected chi connectivity index (χ0v) is 16.5. The molecule has 1 amide bonds. The summed E-state index contributed by atoms with van der Waals surface area (Å²) >= 11 is 1.54. The third-order valence-electron chi connectivity index (χ3n) is 5.88. The summed E-state index contributed by atoms with van der Waals surface area (Å²) in [7, 11) is 1.88. The van der Waals surface area contributed by atoms with Crippen molar-refractivity contribution >= 4 is 27.5 Å². The number of carbonyl (C=O) groups is 1. The number of rotatable bonds is 3. The minimum atomic E-state index is -0.0816. The Kier molecular flexibility index (Phi) is 3.88. The molecule has 3 atom stereocenters. The molecular formula is C20H20N6OS. The predicted molar refractivity (Wildman–Crippen MR) is 107 cm³/mol. The molecule has 2 aliphatic heterocycles. The van der Waals surface area contributed by atoms with Crippen molar-refractivity contribution in [2.45, 2.75) is 44.3 Å². The second-order valence-corrected chi connectivity index (χ2v) is 8.80. The van der Waals surface area contributed by atoms with Gasteiger partial charge in [-0.3, -0.25) is 9.48 Å². The Bertz CT molecular complexity index is 1130. The molecule has 3 aromatic rings. The first-order valence-corrected chi connectivity index (χ1v) is 10.2. The van der Waals surface area contributed by atoms with Crippen molar-refractivity contribution in [1.82, 2.24) is 25.0 Å². The number of thiazole rings is 1. The van der Waals surface area contributed by atoms with E-state index in [1.54, 1.807) is 4.68 Å². The average molecular weight is 392 g/mol. The van der Waals surface area contributed by atoms with Crippen LogP contribution in [0.15, 0.2) is 24.5 Å². The van der Waals surface area contributed by atoms with Gasteiger partial charge in [0.1, 0.15) is 0 Å². The molecule has 2 aromatic heterocycles. The highest BCUT2D eigenvalue weighted by atomic mass is 32.1. The van der Waals surface area contributed by atoms with Crippen LogP contribution in [0.1, 0.15) is 34.6 Å². The molecule has 2 bridgehead atoms. The Morgan fingerprint density at radius 1 is 1.39 bits per heavy atom. The molecule has 0 saturated carbocycles. The van der Waals surface area contributed by atoms with E-state index in [0.29, 0.717) is 5.56 Å². The average Bonchev–Trinajstić information content (AvgIpc) is 3.42. The first-order chi connectivity index (χ1) is 13.5. The van der Waals surface area contributed by atoms with Crippen LogP contribution in [0.5, 0.6) is 0 Å². The van der Waals surface area contributed by atoms with E-state index in [1.807, 2.05) is 43.4 Å². The highest BCUT2D eigenvalue weighted by Crippen LogP contribution is 2.38. The Balaban J connectivity index is 1.48. The summed E-state index contributed by atoms with van der Waals surface area (Å²) in [6.45, 7) is 1.96. The van der Waals surface area contributed by atoms with Gasteiger partial charge in [0.2, 0.25) is 0 Å². The van der Waals surface area contributed by atoms with Crippen LogP contribution in [-0.4, -0.2) is 43.7 Å². The Hall–Kier alpha value is -2.92. The molecule has 1 aromatic carbocycles. The van der Waals surface area contributed by atoms with E-state index in [-0.39, 0.29) is 24.0 Å². The maximum Gasteiger partial charge on any atom is 0.253 e. The number of fused-ring (bicyclic) bond motifs is 3. The maximum atomic E-state index is 13.1. The minimum Gasteiger partial charge on any atom is -0.347 e. The van der Waals surface area contributed by atoms with Crippen molar-refractivity contribution < 1.29 is 4.79 Å². The smallest absolute Gasteiger partial charge is 0.253 e. The van der Waals surface area contributed by atoms with Gasteiger partial charge in [0, 0.05) is 30.4 Å². The maximum absolute atomic E-state index is 13.1. The lowest BCUT2D eigenvalue weighted by Crippen LogP contribution is -2.43. The lowest BCUT2D eigenvalue weighted by Gasteiger charge is -2.22. The van der Waals surface area contributed by atoms with E-state index >= 15 is 0 Å². The SMILES string of the molecule is Cc1nc2c(-c3cnn(C)c3)ccc(C(=O)N[C@@H]3C[C@@H]4CC[C@H]3N4C#N)c2s1. The fourth-order valence-electron chi connectivity index (χ4n) is 4.63. The third kappa shape index (κ3) is 2.58. The number of benzene rings is 1. The summed E-state index contributed by atoms with van der Waals surface area (Å²) in [5.74, 6) is -0.0816. The van der Waals surface area contributed by atoms with Crippen molar-refractivity contribution in [3.8, 4) is 17.3 Å². The van der Waals surface area contributed by atoms with Crippen molar-refractivity contribution in [3.05, 3.63) is 35.1 Å². The number of nitrogens with zero attached hydrogens (tertiary/aromatic N) is 5. The molecule has 8 heteroatoms. The Labute approximate surface area is 166 Å². The molecule has 4 heterocycles. The largest absolute Gasteiger partial charge is 0.347 e. The van der Waals surface area contributed by atoms with Gasteiger partial charge in [0.05, 0.1) is 39.1 Å². The standard InChI is InChI=1S/C20H20N6OS/c1-11-23-18-14(12-8-22-25(2)9-12)4-5-15(19(18)28-11)20(27)24-16-7-13-3-6-17(16)26(13)10-21/h4-5,8-9,13,16-17H,3,6-7H2,1-2H3,(H,24,27)/t13-,16+,17+/m0/s1. The van der Waals surface area contributed by atoms with E-state index in [1.165, 1.54) is 11.3 Å². The molecule has 1 N–H and O–H groups in total. The Morgan fingerprint density at radius 3 is 2.96 bits per heavy atom. The van der Waals surface area contributed by atoms with Crippen LogP contribution in [0, 0.1) is 18.4 Å². The lowest BCUT2D eigenvalue weighted by molar-refractivity contribution is 0.0930. The summed E-state index contributed by atoms with van der Waals surface area (Å²) in [6, 6.07) is 4.28. The normalized spacial score (nSPS) is 23.3. The van der Waals surface area contributed by atoms with Crippen LogP contribution in [0.4, 0.5) is 0 Å². The van der Waals surface area contributed by atoms with Gasteiger partial charge in [-0.15, -0.1) is 11.3 Å². The van der Waals surface area contributed by atoms with Gasteiger partial charge in [0.25, 0.3) is 5.91 Å². The van der Waals surface area contributed by atoms with Gasteiger partial charge in [-0.25, -0.2) is 4.98 Å². The third-order valence-corrected chi connectivity index (χ3v) is 6.88. The molecular weight excluding hydrogens is 372 g/mol. The molecule has 5 rings (SSSR count). The van der Waals surface area contributed by atoms with Crippen molar-refractivity contribution in [2.75, 3.05) is 0 Å². The summed E-state index contributed by atoms with van der Waals surface area (Å²) in [4.78, 5) is 19.6. The predicted octanol–water partition coefficient (Wildman–Crippen LogP) is 2.82. The second kappa shape index (κ2) is 6.31. The summed E-state index contributed by atoms with van der Waals surface area (Å²) in [5.41, 5.74) is 3.47. The van der Waals surface area contributed by atoms with Crippen LogP contribution in [0.2, 0.25) is 0 Å². The van der Waals surface area contributed by atoms with Crippen LogP contribution in [-0.2, 0) is 7.05 Å². The zero-order valence-electron chi connectivity index (χ0n) is 15.7. The first-order valence-electron chi connectivity index (χ1n) is 9.43. The molecule has 0 aliphatic carbocycles. The second-order valence-electron chi connectivity index (χ2n) is 7.60. The van der Waals surface area contributed by atoms with Crippen molar-refractivity contribution in [3.63, 3.8) is 0 Å². The highest BCUT2D eigenvalue weighted by Gasteiger charge is 2.46. The fraction of sp³-hybridized carbons (Fsp3) is 0.400. The fourth-order valence-corrected chi connectivity index (χ4v) is 5.59. The first kappa shape index (κ1) is 17.2. The van der Waals surface area contributed by atoms with Gasteiger partial charge in [-0.05, 0) is 32.3 Å². The van der Waals surface area contributed by atoms with Crippen molar-refractivity contribution in [2.24, 2.45) is 7.05 Å². The summed E-state index contributed by atoms with van der Waals surface area (Å²) in [5, 5.41) is 17.7. The van der Waals surface area contributed by atoms with E-state index in [4.69, 9.17) is 0 Å². The molecule has 28 heavy (non-hydrogen) atoms. The number of aryl methyl sites for hydroxylation is 2. The van der Waals surface area contributed by atoms with Crippen LogP contribution < -0.4 is 5.32 Å². The van der Waals surface area contributed by atoms with Crippen LogP contribution in [0.3, 0.4) is 0 Å². The van der Waals surface area contributed by atoms with Gasteiger partial charge in [0.15, 0.2) is 6.19 Å². The number of nitrogens with one attached hydrogen (secondary N) is 1. The van der Waals surface area contributed by atoms with Gasteiger partial charge < -0.3 is 10.2 Å². The van der Waals surface area contributed by atoms with Crippen LogP contribution in [0.25, 0.3) is 21.3 Å². The number of amides is 1. The molecule has 7 nitrogen and oxygen atoms in total. The van der Waals surface area contributed by atoms with E-state index in [0.717, 1.165) is 45.6 Å². The summed E-state index contributed by atoms with van der Waals surface area (Å²) in [6.07, 6.45) is 8.93. The van der Waals surface area contributed by atoms with E-state index in [9.17, 15) is 10.1 Å². The Morgan fingerprint density at radius 2 is 2.25 bits per heavy atom. The molecule has 142 valence electrons. The number of hydrogen-bond donors (Lipinski definition) is 1. The zero-order chi connectivity index (χ0) is 19.4. The molecule has 0 radical (unpaired) electrons. The number of hydrogen-bond acceptors (Lipinski definition) is 6. The molecule has 2 saturated heterocycles. The molecule has 2 aliphatic rings. The van der Waals surface area contributed by atoms with E-state index in [2.05, 4.69) is 21.6 Å². The highest BCUT2D eigenvalue weighted by molar-refractivity contribution is 7.19. The van der Waals surface area contributed by atoms with Crippen LogP contribution >= 0.6 is 11.3 Å². The number of carbonyl (C=O) groups excluding carboxylic acids is 1. The molecule has 0 spiro atoms. The monoisotopic (exact) mass is 392 g/mol. The van der Waals surface area contributed by atoms with E-state index < -0.39 is 0 Å². The molecule has 2 fully saturated rings. The van der Waals surface area contributed by atoms with Gasteiger partial charge in [-0.1, -0.05) is 6.07 Å².